The van der Waals surface area contributed by atoms with Crippen LogP contribution in [0.1, 0.15) is 245 Å². The molecule has 1 heterocycles. The van der Waals surface area contributed by atoms with Crippen LogP contribution >= 0.6 is 0 Å². The summed E-state index contributed by atoms with van der Waals surface area (Å²) in [5.74, 6) is -0.202. The minimum atomic E-state index is -1.58. The van der Waals surface area contributed by atoms with Gasteiger partial charge >= 0.3 is 0 Å². The van der Waals surface area contributed by atoms with Crippen LogP contribution in [-0.2, 0) is 14.3 Å². The molecular formula is C70H117NO8. The van der Waals surface area contributed by atoms with Crippen molar-refractivity contribution in [2.45, 2.75) is 288 Å². The molecule has 0 aromatic heterocycles. The van der Waals surface area contributed by atoms with Crippen LogP contribution in [0, 0.1) is 0 Å². The van der Waals surface area contributed by atoms with Gasteiger partial charge in [0.1, 0.15) is 24.4 Å². The topological polar surface area (TPSA) is 149 Å². The van der Waals surface area contributed by atoms with E-state index in [4.69, 9.17) is 9.47 Å². The lowest BCUT2D eigenvalue weighted by Crippen LogP contribution is -2.60. The SMILES string of the molecule is CC/C=C\C/C=C\C/C=C\C/C=C\C/C=C\C/C=C\C/C=C\C/C=C\C/C=C\CCCCCCCCCC(=O)NC(COC1OC(CO)C(O)C(O)C1O)C(O)/C=C/CC/C=C/CCCCCCCCCCCCCCCCC. The zero-order valence-corrected chi connectivity index (χ0v) is 50.1. The molecule has 6 N–H and O–H groups in total. The molecule has 1 aliphatic heterocycles. The standard InChI is InChI=1S/C70H117NO8/c1-3-5-7-9-11-13-15-17-19-21-23-25-26-27-28-29-30-31-32-33-34-35-36-37-38-40-42-44-46-48-50-52-54-56-58-60-66(74)71-63(62-78-70-69(77)68(76)67(75)65(61-72)79-70)64(73)59-57-55-53-51-49-47-45-43-41-39-24-22-20-18-16-14-12-10-8-6-4-2/h5,7,11,13,17,19,23,25,27-28,30-31,33-34,36-37,40,42,49,51,57,59,63-65,67-70,72-73,75-77H,3-4,6,8-10,12,14-16,18,20-22,24,26,29,32,35,38-39,41,43-48,50,52-56,58,60-62H2,1-2H3,(H,71,74)/b7-5-,13-11-,19-17-,25-23-,28-27-,31-30-,34-33-,37-36-,42-40-,51-49+,59-57+. The summed E-state index contributed by atoms with van der Waals surface area (Å²) in [6.45, 7) is 3.65. The molecule has 0 spiro atoms. The van der Waals surface area contributed by atoms with Crippen LogP contribution in [0.4, 0.5) is 0 Å². The van der Waals surface area contributed by atoms with Gasteiger partial charge in [-0.3, -0.25) is 4.79 Å². The number of amides is 1. The number of unbranched alkanes of at least 4 members (excludes halogenated alkanes) is 23. The predicted molar refractivity (Wildman–Crippen MR) is 336 cm³/mol. The first kappa shape index (κ1) is 73.3. The third-order valence-electron chi connectivity index (χ3n) is 14.2. The summed E-state index contributed by atoms with van der Waals surface area (Å²) in [7, 11) is 0. The third kappa shape index (κ3) is 46.6. The van der Waals surface area contributed by atoms with Crippen molar-refractivity contribution in [2.75, 3.05) is 13.2 Å². The molecule has 1 amide bonds. The number of rotatable bonds is 53. The van der Waals surface area contributed by atoms with Gasteiger partial charge in [0.15, 0.2) is 6.29 Å². The summed E-state index contributed by atoms with van der Waals surface area (Å²) in [4.78, 5) is 13.1. The second-order valence-electron chi connectivity index (χ2n) is 21.5. The molecule has 0 aromatic rings. The summed E-state index contributed by atoms with van der Waals surface area (Å²) in [5.41, 5.74) is 0. The van der Waals surface area contributed by atoms with Gasteiger partial charge in [0.25, 0.3) is 0 Å². The molecule has 9 nitrogen and oxygen atoms in total. The number of aliphatic hydroxyl groups excluding tert-OH is 5. The molecular weight excluding hydrogens is 983 g/mol. The molecule has 0 aliphatic carbocycles. The van der Waals surface area contributed by atoms with Crippen molar-refractivity contribution in [3.05, 3.63) is 134 Å². The van der Waals surface area contributed by atoms with E-state index in [1.54, 1.807) is 6.08 Å². The smallest absolute Gasteiger partial charge is 0.220 e. The highest BCUT2D eigenvalue weighted by atomic mass is 16.7. The number of ether oxygens (including phenoxy) is 2. The van der Waals surface area contributed by atoms with Crippen LogP contribution < -0.4 is 5.32 Å². The van der Waals surface area contributed by atoms with Crippen molar-refractivity contribution >= 4 is 5.91 Å². The number of hydrogen-bond acceptors (Lipinski definition) is 8. The molecule has 1 saturated heterocycles. The van der Waals surface area contributed by atoms with Crippen LogP contribution in [0.2, 0.25) is 0 Å². The highest BCUT2D eigenvalue weighted by Gasteiger charge is 2.44. The maximum Gasteiger partial charge on any atom is 0.220 e. The lowest BCUT2D eigenvalue weighted by Gasteiger charge is -2.40. The zero-order valence-electron chi connectivity index (χ0n) is 50.1. The summed E-state index contributed by atoms with van der Waals surface area (Å²) in [6.07, 6.45) is 80.9. The van der Waals surface area contributed by atoms with Crippen molar-refractivity contribution in [2.24, 2.45) is 0 Å². The summed E-state index contributed by atoms with van der Waals surface area (Å²) in [5, 5.41) is 54.6. The van der Waals surface area contributed by atoms with E-state index in [0.717, 1.165) is 109 Å². The number of hydrogen-bond donors (Lipinski definition) is 6. The fourth-order valence-electron chi connectivity index (χ4n) is 9.22. The van der Waals surface area contributed by atoms with Gasteiger partial charge in [0, 0.05) is 6.42 Å². The first-order valence-corrected chi connectivity index (χ1v) is 31.9. The Labute approximate surface area is 483 Å². The largest absolute Gasteiger partial charge is 0.394 e. The monoisotopic (exact) mass is 1100 g/mol. The Morgan fingerprint density at radius 3 is 1.22 bits per heavy atom. The summed E-state index contributed by atoms with van der Waals surface area (Å²) in [6, 6.07) is -0.839. The maximum absolute atomic E-state index is 13.1. The highest BCUT2D eigenvalue weighted by Crippen LogP contribution is 2.23. The number of allylic oxidation sites excluding steroid dienone is 21. The second-order valence-corrected chi connectivity index (χ2v) is 21.5. The summed E-state index contributed by atoms with van der Waals surface area (Å²) >= 11 is 0. The molecule has 0 saturated carbocycles. The normalized spacial score (nSPS) is 19.5. The van der Waals surface area contributed by atoms with Crippen molar-refractivity contribution < 1.29 is 39.8 Å². The minimum absolute atomic E-state index is 0.202. The van der Waals surface area contributed by atoms with Crippen LogP contribution in [0.5, 0.6) is 0 Å². The van der Waals surface area contributed by atoms with Gasteiger partial charge in [0.05, 0.1) is 25.4 Å². The van der Waals surface area contributed by atoms with E-state index in [9.17, 15) is 30.3 Å². The third-order valence-corrected chi connectivity index (χ3v) is 14.2. The quantitative estimate of drug-likeness (QED) is 0.0261. The average Bonchev–Trinajstić information content (AvgIpc) is 3.47. The predicted octanol–water partition coefficient (Wildman–Crippen LogP) is 16.9. The Balaban J connectivity index is 2.23. The van der Waals surface area contributed by atoms with Crippen LogP contribution in [0.25, 0.3) is 0 Å². The van der Waals surface area contributed by atoms with Gasteiger partial charge in [-0.1, -0.05) is 270 Å². The molecule has 450 valence electrons. The van der Waals surface area contributed by atoms with E-state index in [1.807, 2.05) is 6.08 Å². The van der Waals surface area contributed by atoms with E-state index in [0.29, 0.717) is 6.42 Å². The van der Waals surface area contributed by atoms with Gasteiger partial charge in [-0.15, -0.1) is 0 Å². The number of carbonyl (C=O) groups is 1. The summed E-state index contributed by atoms with van der Waals surface area (Å²) < 4.78 is 11.3. The Morgan fingerprint density at radius 2 is 0.797 bits per heavy atom. The molecule has 7 unspecified atom stereocenters. The average molecular weight is 1100 g/mol. The van der Waals surface area contributed by atoms with E-state index in [-0.39, 0.29) is 12.5 Å². The van der Waals surface area contributed by atoms with Gasteiger partial charge in [-0.05, 0) is 103 Å². The maximum atomic E-state index is 13.1. The Kier molecular flexibility index (Phi) is 53.4. The van der Waals surface area contributed by atoms with Crippen LogP contribution in [0.15, 0.2) is 134 Å². The van der Waals surface area contributed by atoms with Gasteiger partial charge in [0.2, 0.25) is 5.91 Å². The minimum Gasteiger partial charge on any atom is -0.394 e. The molecule has 79 heavy (non-hydrogen) atoms. The Morgan fingerprint density at radius 1 is 0.443 bits per heavy atom. The molecule has 1 fully saturated rings. The number of nitrogens with one attached hydrogen (secondary N) is 1. The molecule has 7 atom stereocenters. The molecule has 0 aromatic carbocycles. The zero-order chi connectivity index (χ0) is 57.2. The van der Waals surface area contributed by atoms with Crippen LogP contribution in [-0.4, -0.2) is 87.5 Å². The second kappa shape index (κ2) is 57.6. The van der Waals surface area contributed by atoms with E-state index >= 15 is 0 Å². The lowest BCUT2D eigenvalue weighted by molar-refractivity contribution is -0.302. The highest BCUT2D eigenvalue weighted by molar-refractivity contribution is 5.76. The fourth-order valence-corrected chi connectivity index (χ4v) is 9.22. The number of carbonyl (C=O) groups excluding carboxylic acids is 1. The van der Waals surface area contributed by atoms with Gasteiger partial charge in [-0.25, -0.2) is 0 Å². The Bertz CT molecular complexity index is 1700. The molecule has 9 heteroatoms. The molecule has 0 bridgehead atoms. The molecule has 0 radical (unpaired) electrons. The fraction of sp³-hybridized carbons (Fsp3) is 0.671. The van der Waals surface area contributed by atoms with Crippen molar-refractivity contribution in [1.29, 1.82) is 0 Å². The molecule has 1 aliphatic rings. The van der Waals surface area contributed by atoms with E-state index < -0.39 is 49.5 Å². The van der Waals surface area contributed by atoms with Gasteiger partial charge in [-0.2, -0.15) is 0 Å². The number of aliphatic hydroxyl groups is 5. The lowest BCUT2D eigenvalue weighted by atomic mass is 9.99. The Hall–Kier alpha value is -3.67. The van der Waals surface area contributed by atoms with E-state index in [2.05, 4.69) is 141 Å². The first-order valence-electron chi connectivity index (χ1n) is 31.9. The van der Waals surface area contributed by atoms with E-state index in [1.165, 1.54) is 116 Å². The molecule has 1 rings (SSSR count). The first-order chi connectivity index (χ1) is 38.8. The van der Waals surface area contributed by atoms with Gasteiger partial charge < -0.3 is 40.3 Å². The van der Waals surface area contributed by atoms with Crippen molar-refractivity contribution in [1.82, 2.24) is 5.32 Å². The van der Waals surface area contributed by atoms with Crippen molar-refractivity contribution in [3.63, 3.8) is 0 Å². The van der Waals surface area contributed by atoms with Crippen LogP contribution in [0.3, 0.4) is 0 Å². The van der Waals surface area contributed by atoms with Crippen molar-refractivity contribution in [3.8, 4) is 0 Å².